The van der Waals surface area contributed by atoms with Gasteiger partial charge in [-0.1, -0.05) is 6.07 Å². The molecule has 0 aromatic carbocycles. The molecule has 2 aliphatic rings. The van der Waals surface area contributed by atoms with Crippen LogP contribution in [-0.2, 0) is 10.2 Å². The third kappa shape index (κ3) is 1.12. The first-order valence-electron chi connectivity index (χ1n) is 5.12. The van der Waals surface area contributed by atoms with Gasteiger partial charge in [0.05, 0.1) is 0 Å². The van der Waals surface area contributed by atoms with Crippen molar-refractivity contribution in [2.24, 2.45) is 5.92 Å². The van der Waals surface area contributed by atoms with Gasteiger partial charge in [-0.3, -0.25) is 4.79 Å². The second kappa shape index (κ2) is 2.83. The minimum atomic E-state index is 0.158. The van der Waals surface area contributed by atoms with Crippen LogP contribution in [0.25, 0.3) is 0 Å². The Labute approximate surface area is 87.3 Å². The summed E-state index contributed by atoms with van der Waals surface area (Å²) in [6, 6.07) is 4.27. The first kappa shape index (κ1) is 8.48. The molecule has 1 unspecified atom stereocenters. The standard InChI is InChI=1S/C11H13NOS/c13-10-6-11(7-12-10,8-3-4-8)9-2-1-5-14-9/h1-2,5,8H,3-4,6-7H2,(H,12,13). The van der Waals surface area contributed by atoms with Crippen molar-refractivity contribution in [3.8, 4) is 0 Å². The van der Waals surface area contributed by atoms with Crippen LogP contribution < -0.4 is 5.32 Å². The molecule has 1 amide bonds. The summed E-state index contributed by atoms with van der Waals surface area (Å²) < 4.78 is 0. The van der Waals surface area contributed by atoms with Gasteiger partial charge >= 0.3 is 0 Å². The molecule has 2 heterocycles. The Hall–Kier alpha value is -0.830. The first-order valence-corrected chi connectivity index (χ1v) is 6.00. The van der Waals surface area contributed by atoms with E-state index in [1.165, 1.54) is 17.7 Å². The highest BCUT2D eigenvalue weighted by Crippen LogP contribution is 2.51. The van der Waals surface area contributed by atoms with Gasteiger partial charge in [-0.15, -0.1) is 11.3 Å². The number of hydrogen-bond donors (Lipinski definition) is 1. The Bertz CT molecular complexity index is 355. The Kier molecular flexibility index (Phi) is 1.71. The number of carbonyl (C=O) groups excluding carboxylic acids is 1. The van der Waals surface area contributed by atoms with Crippen LogP contribution in [0.2, 0.25) is 0 Å². The maximum atomic E-state index is 11.4. The molecule has 3 heteroatoms. The number of amides is 1. The Morgan fingerprint density at radius 1 is 1.50 bits per heavy atom. The lowest BCUT2D eigenvalue weighted by Gasteiger charge is -2.25. The van der Waals surface area contributed by atoms with Crippen LogP contribution in [0.1, 0.15) is 24.1 Å². The van der Waals surface area contributed by atoms with E-state index in [0.717, 1.165) is 12.5 Å². The van der Waals surface area contributed by atoms with Gasteiger partial charge in [-0.2, -0.15) is 0 Å². The van der Waals surface area contributed by atoms with Crippen molar-refractivity contribution >= 4 is 17.2 Å². The molecule has 3 rings (SSSR count). The summed E-state index contributed by atoms with van der Waals surface area (Å²) in [5.41, 5.74) is 0.158. The van der Waals surface area contributed by atoms with Crippen molar-refractivity contribution in [2.45, 2.75) is 24.7 Å². The summed E-state index contributed by atoms with van der Waals surface area (Å²) in [6.45, 7) is 0.858. The van der Waals surface area contributed by atoms with Crippen LogP contribution in [0.5, 0.6) is 0 Å². The monoisotopic (exact) mass is 207 g/mol. The van der Waals surface area contributed by atoms with Crippen molar-refractivity contribution in [1.29, 1.82) is 0 Å². The van der Waals surface area contributed by atoms with Gasteiger partial charge in [0, 0.05) is 23.3 Å². The lowest BCUT2D eigenvalue weighted by molar-refractivity contribution is -0.119. The highest BCUT2D eigenvalue weighted by molar-refractivity contribution is 7.10. The maximum absolute atomic E-state index is 11.4. The second-order valence-corrected chi connectivity index (χ2v) is 5.31. The summed E-state index contributed by atoms with van der Waals surface area (Å²) in [5.74, 6) is 0.977. The van der Waals surface area contributed by atoms with Crippen LogP contribution in [0.15, 0.2) is 17.5 Å². The Morgan fingerprint density at radius 2 is 2.36 bits per heavy atom. The molecule has 74 valence electrons. The molecule has 14 heavy (non-hydrogen) atoms. The fraction of sp³-hybridized carbons (Fsp3) is 0.545. The van der Waals surface area contributed by atoms with Gasteiger partial charge in [0.2, 0.25) is 5.91 Å². The van der Waals surface area contributed by atoms with E-state index in [-0.39, 0.29) is 11.3 Å². The normalized spacial score (nSPS) is 31.9. The van der Waals surface area contributed by atoms with Crippen LogP contribution >= 0.6 is 11.3 Å². The minimum absolute atomic E-state index is 0.158. The lowest BCUT2D eigenvalue weighted by atomic mass is 9.80. The minimum Gasteiger partial charge on any atom is -0.355 e. The summed E-state index contributed by atoms with van der Waals surface area (Å²) in [6.07, 6.45) is 3.30. The fourth-order valence-electron chi connectivity index (χ4n) is 2.53. The topological polar surface area (TPSA) is 29.1 Å². The third-order valence-corrected chi connectivity index (χ3v) is 4.54. The van der Waals surface area contributed by atoms with E-state index >= 15 is 0 Å². The molecule has 1 atom stereocenters. The highest BCUT2D eigenvalue weighted by atomic mass is 32.1. The van der Waals surface area contributed by atoms with Gasteiger partial charge in [0.1, 0.15) is 0 Å². The molecule has 2 fully saturated rings. The average Bonchev–Trinajstić information content (AvgIpc) is 2.76. The van der Waals surface area contributed by atoms with Crippen LogP contribution in [0.3, 0.4) is 0 Å². The predicted octanol–water partition coefficient (Wildman–Crippen LogP) is 1.92. The maximum Gasteiger partial charge on any atom is 0.221 e. The zero-order valence-electron chi connectivity index (χ0n) is 7.95. The zero-order valence-corrected chi connectivity index (χ0v) is 8.77. The smallest absolute Gasteiger partial charge is 0.221 e. The molecule has 1 N–H and O–H groups in total. The molecule has 1 aromatic heterocycles. The van der Waals surface area contributed by atoms with E-state index in [4.69, 9.17) is 0 Å². The molecule has 1 aliphatic carbocycles. The van der Waals surface area contributed by atoms with Gasteiger partial charge in [-0.25, -0.2) is 0 Å². The van der Waals surface area contributed by atoms with E-state index in [1.807, 2.05) is 0 Å². The number of carbonyl (C=O) groups is 1. The Balaban J connectivity index is 2.00. The van der Waals surface area contributed by atoms with E-state index < -0.39 is 0 Å². The molecular weight excluding hydrogens is 194 g/mol. The van der Waals surface area contributed by atoms with Gasteiger partial charge in [0.25, 0.3) is 0 Å². The van der Waals surface area contributed by atoms with E-state index in [2.05, 4.69) is 22.8 Å². The number of rotatable bonds is 2. The van der Waals surface area contributed by atoms with Gasteiger partial charge in [0.15, 0.2) is 0 Å². The van der Waals surface area contributed by atoms with Crippen molar-refractivity contribution in [3.63, 3.8) is 0 Å². The lowest BCUT2D eigenvalue weighted by Crippen LogP contribution is -2.30. The number of thiophene rings is 1. The van der Waals surface area contributed by atoms with Gasteiger partial charge in [-0.05, 0) is 30.2 Å². The third-order valence-electron chi connectivity index (χ3n) is 3.45. The van der Waals surface area contributed by atoms with Crippen LogP contribution in [0, 0.1) is 5.92 Å². The summed E-state index contributed by atoms with van der Waals surface area (Å²) >= 11 is 1.80. The highest BCUT2D eigenvalue weighted by Gasteiger charge is 2.51. The van der Waals surface area contributed by atoms with Crippen molar-refractivity contribution in [2.75, 3.05) is 6.54 Å². The molecule has 1 aliphatic heterocycles. The molecule has 0 spiro atoms. The molecule has 1 aromatic rings. The van der Waals surface area contributed by atoms with Crippen LogP contribution in [-0.4, -0.2) is 12.5 Å². The van der Waals surface area contributed by atoms with E-state index in [0.29, 0.717) is 6.42 Å². The molecular formula is C11H13NOS. The van der Waals surface area contributed by atoms with Crippen molar-refractivity contribution in [1.82, 2.24) is 5.32 Å². The molecule has 1 saturated carbocycles. The second-order valence-electron chi connectivity index (χ2n) is 4.36. The Morgan fingerprint density at radius 3 is 2.86 bits per heavy atom. The fourth-order valence-corrected chi connectivity index (χ4v) is 3.54. The van der Waals surface area contributed by atoms with Crippen molar-refractivity contribution < 1.29 is 4.79 Å². The number of nitrogens with one attached hydrogen (secondary N) is 1. The summed E-state index contributed by atoms with van der Waals surface area (Å²) in [5, 5.41) is 5.10. The summed E-state index contributed by atoms with van der Waals surface area (Å²) in [7, 11) is 0. The van der Waals surface area contributed by atoms with Crippen molar-refractivity contribution in [3.05, 3.63) is 22.4 Å². The zero-order chi connectivity index (χ0) is 9.60. The molecule has 1 saturated heterocycles. The quantitative estimate of drug-likeness (QED) is 0.788. The summed E-state index contributed by atoms with van der Waals surface area (Å²) in [4.78, 5) is 12.8. The molecule has 0 radical (unpaired) electrons. The van der Waals surface area contributed by atoms with Gasteiger partial charge < -0.3 is 5.32 Å². The largest absolute Gasteiger partial charge is 0.355 e. The van der Waals surface area contributed by atoms with E-state index in [9.17, 15) is 4.79 Å². The first-order chi connectivity index (χ1) is 6.81. The van der Waals surface area contributed by atoms with E-state index in [1.54, 1.807) is 11.3 Å². The molecule has 0 bridgehead atoms. The predicted molar refractivity (Wildman–Crippen MR) is 56.3 cm³/mol. The van der Waals surface area contributed by atoms with Crippen LogP contribution in [0.4, 0.5) is 0 Å². The average molecular weight is 207 g/mol. The SMILES string of the molecule is O=C1CC(c2cccs2)(C2CC2)CN1. The molecule has 2 nitrogen and oxygen atoms in total. The number of hydrogen-bond acceptors (Lipinski definition) is 2.